The molecule has 0 saturated heterocycles. The molecular weight excluding hydrogens is 356 g/mol. The molecule has 130 valence electrons. The summed E-state index contributed by atoms with van der Waals surface area (Å²) >= 11 is 3.01. The summed E-state index contributed by atoms with van der Waals surface area (Å²) in [5.74, 6) is 0.234. The lowest BCUT2D eigenvalue weighted by Crippen LogP contribution is -2.31. The topological polar surface area (TPSA) is 76.9 Å². The highest BCUT2D eigenvalue weighted by atomic mass is 32.2. The van der Waals surface area contributed by atoms with Crippen molar-refractivity contribution in [2.75, 3.05) is 12.3 Å². The number of aryl methyl sites for hydroxylation is 1. The number of amides is 1. The number of thiazole rings is 1. The Bertz CT molecular complexity index is 903. The number of hydrogen-bond donors (Lipinski definition) is 1. The highest BCUT2D eigenvalue weighted by Gasteiger charge is 2.07. The summed E-state index contributed by atoms with van der Waals surface area (Å²) in [6.07, 6.45) is 2.26. The van der Waals surface area contributed by atoms with E-state index in [2.05, 4.69) is 15.3 Å². The molecule has 0 aliphatic rings. The highest BCUT2D eigenvalue weighted by molar-refractivity contribution is 8.01. The van der Waals surface area contributed by atoms with Crippen molar-refractivity contribution in [3.8, 4) is 0 Å². The van der Waals surface area contributed by atoms with Crippen LogP contribution in [0.2, 0.25) is 0 Å². The predicted octanol–water partition coefficient (Wildman–Crippen LogP) is 2.32. The van der Waals surface area contributed by atoms with E-state index in [0.29, 0.717) is 18.8 Å². The first-order valence-electron chi connectivity index (χ1n) is 7.96. The summed E-state index contributed by atoms with van der Waals surface area (Å²) in [5.41, 5.74) is 1.64. The zero-order chi connectivity index (χ0) is 17.6. The van der Waals surface area contributed by atoms with Crippen molar-refractivity contribution in [3.05, 3.63) is 52.7 Å². The van der Waals surface area contributed by atoms with Gasteiger partial charge in [0.1, 0.15) is 0 Å². The second kappa shape index (κ2) is 8.26. The Morgan fingerprint density at radius 1 is 1.36 bits per heavy atom. The maximum Gasteiger partial charge on any atom is 0.253 e. The van der Waals surface area contributed by atoms with Gasteiger partial charge in [0.2, 0.25) is 5.91 Å². The minimum absolute atomic E-state index is 0.0737. The Hall–Kier alpha value is -2.19. The van der Waals surface area contributed by atoms with Crippen LogP contribution in [0.15, 0.2) is 45.8 Å². The van der Waals surface area contributed by atoms with Crippen LogP contribution < -0.4 is 10.9 Å². The smallest absolute Gasteiger partial charge is 0.253 e. The van der Waals surface area contributed by atoms with Crippen LogP contribution in [0.25, 0.3) is 10.2 Å². The SMILES string of the molecule is CCc1cc(=O)n(CCNC(=O)CSc2nc3ccccc3s2)cn1. The van der Waals surface area contributed by atoms with Gasteiger partial charge < -0.3 is 5.32 Å². The molecule has 0 fully saturated rings. The van der Waals surface area contributed by atoms with Crippen LogP contribution in [-0.2, 0) is 17.8 Å². The number of aromatic nitrogens is 3. The van der Waals surface area contributed by atoms with Crippen molar-refractivity contribution in [2.45, 2.75) is 24.2 Å². The molecule has 0 saturated carbocycles. The fraction of sp³-hybridized carbons (Fsp3) is 0.294. The Morgan fingerprint density at radius 3 is 2.96 bits per heavy atom. The third kappa shape index (κ3) is 4.67. The average molecular weight is 374 g/mol. The second-order valence-electron chi connectivity index (χ2n) is 5.35. The third-order valence-corrected chi connectivity index (χ3v) is 5.75. The number of thioether (sulfide) groups is 1. The lowest BCUT2D eigenvalue weighted by atomic mass is 10.3. The predicted molar refractivity (Wildman–Crippen MR) is 101 cm³/mol. The van der Waals surface area contributed by atoms with Gasteiger partial charge in [0, 0.05) is 24.8 Å². The van der Waals surface area contributed by atoms with E-state index in [4.69, 9.17) is 0 Å². The van der Waals surface area contributed by atoms with Gasteiger partial charge in [0.25, 0.3) is 5.56 Å². The molecule has 0 aliphatic carbocycles. The Balaban J connectivity index is 1.46. The van der Waals surface area contributed by atoms with Crippen molar-refractivity contribution in [3.63, 3.8) is 0 Å². The molecule has 25 heavy (non-hydrogen) atoms. The molecule has 0 unspecified atom stereocenters. The van der Waals surface area contributed by atoms with Gasteiger partial charge in [-0.25, -0.2) is 9.97 Å². The van der Waals surface area contributed by atoms with Gasteiger partial charge in [-0.3, -0.25) is 14.2 Å². The van der Waals surface area contributed by atoms with Crippen molar-refractivity contribution < 1.29 is 4.79 Å². The maximum atomic E-state index is 11.9. The van der Waals surface area contributed by atoms with Crippen LogP contribution in [0, 0.1) is 0 Å². The van der Waals surface area contributed by atoms with Gasteiger partial charge >= 0.3 is 0 Å². The van der Waals surface area contributed by atoms with Crippen LogP contribution in [0.3, 0.4) is 0 Å². The number of para-hydroxylation sites is 1. The van der Waals surface area contributed by atoms with Gasteiger partial charge in [-0.2, -0.15) is 0 Å². The minimum atomic E-state index is -0.0926. The number of benzene rings is 1. The standard InChI is InChI=1S/C17H18N4O2S2/c1-2-12-9-16(23)21(11-19-12)8-7-18-15(22)10-24-17-20-13-5-3-4-6-14(13)25-17/h3-6,9,11H,2,7-8,10H2,1H3,(H,18,22). The number of rotatable bonds is 7. The molecule has 1 N–H and O–H groups in total. The number of carbonyl (C=O) groups is 1. The van der Waals surface area contributed by atoms with E-state index in [1.165, 1.54) is 28.7 Å². The van der Waals surface area contributed by atoms with E-state index in [-0.39, 0.29) is 11.5 Å². The van der Waals surface area contributed by atoms with E-state index < -0.39 is 0 Å². The average Bonchev–Trinajstić information content (AvgIpc) is 3.04. The van der Waals surface area contributed by atoms with E-state index >= 15 is 0 Å². The summed E-state index contributed by atoms with van der Waals surface area (Å²) < 4.78 is 3.50. The number of nitrogens with one attached hydrogen (secondary N) is 1. The first-order chi connectivity index (χ1) is 12.2. The molecule has 8 heteroatoms. The monoisotopic (exact) mass is 374 g/mol. The largest absolute Gasteiger partial charge is 0.354 e. The van der Waals surface area contributed by atoms with Gasteiger partial charge in [0.05, 0.1) is 22.3 Å². The van der Waals surface area contributed by atoms with Gasteiger partial charge in [-0.1, -0.05) is 30.8 Å². The molecule has 1 amide bonds. The van der Waals surface area contributed by atoms with Gasteiger partial charge in [-0.05, 0) is 18.6 Å². The van der Waals surface area contributed by atoms with Gasteiger partial charge in [-0.15, -0.1) is 11.3 Å². The van der Waals surface area contributed by atoms with E-state index in [0.717, 1.165) is 26.7 Å². The summed E-state index contributed by atoms with van der Waals surface area (Å²) in [5, 5.41) is 2.82. The molecule has 0 bridgehead atoms. The molecule has 2 heterocycles. The molecule has 0 aliphatic heterocycles. The van der Waals surface area contributed by atoms with Crippen molar-refractivity contribution >= 4 is 39.2 Å². The Kier molecular flexibility index (Phi) is 5.83. The Labute approximate surface area is 153 Å². The maximum absolute atomic E-state index is 11.9. The fourth-order valence-electron chi connectivity index (χ4n) is 2.23. The van der Waals surface area contributed by atoms with Crippen LogP contribution in [-0.4, -0.2) is 32.7 Å². The van der Waals surface area contributed by atoms with Crippen molar-refractivity contribution in [2.24, 2.45) is 0 Å². The van der Waals surface area contributed by atoms with Crippen LogP contribution in [0.4, 0.5) is 0 Å². The quantitative estimate of drug-likeness (QED) is 0.642. The number of carbonyl (C=O) groups excluding carboxylic acids is 1. The Morgan fingerprint density at radius 2 is 2.20 bits per heavy atom. The number of fused-ring (bicyclic) bond motifs is 1. The molecule has 3 rings (SSSR count). The van der Waals surface area contributed by atoms with Crippen molar-refractivity contribution in [1.29, 1.82) is 0 Å². The highest BCUT2D eigenvalue weighted by Crippen LogP contribution is 2.28. The summed E-state index contributed by atoms with van der Waals surface area (Å²) in [4.78, 5) is 32.5. The van der Waals surface area contributed by atoms with E-state index in [1.54, 1.807) is 11.3 Å². The van der Waals surface area contributed by atoms with E-state index in [1.807, 2.05) is 31.2 Å². The lowest BCUT2D eigenvalue weighted by Gasteiger charge is -2.07. The van der Waals surface area contributed by atoms with Crippen LogP contribution >= 0.6 is 23.1 Å². The summed E-state index contributed by atoms with van der Waals surface area (Å²) in [7, 11) is 0. The molecule has 2 aromatic heterocycles. The molecule has 3 aromatic rings. The summed E-state index contributed by atoms with van der Waals surface area (Å²) in [6.45, 7) is 2.76. The van der Waals surface area contributed by atoms with Crippen LogP contribution in [0.1, 0.15) is 12.6 Å². The first kappa shape index (κ1) is 17.6. The van der Waals surface area contributed by atoms with Gasteiger partial charge in [0.15, 0.2) is 4.34 Å². The lowest BCUT2D eigenvalue weighted by molar-refractivity contribution is -0.118. The molecule has 6 nitrogen and oxygen atoms in total. The van der Waals surface area contributed by atoms with E-state index in [9.17, 15) is 9.59 Å². The molecule has 0 atom stereocenters. The van der Waals surface area contributed by atoms with Crippen molar-refractivity contribution in [1.82, 2.24) is 19.9 Å². The molecule has 0 spiro atoms. The number of hydrogen-bond acceptors (Lipinski definition) is 6. The zero-order valence-electron chi connectivity index (χ0n) is 13.8. The zero-order valence-corrected chi connectivity index (χ0v) is 15.4. The second-order valence-corrected chi connectivity index (χ2v) is 7.60. The molecule has 0 radical (unpaired) electrons. The molecular formula is C17H18N4O2S2. The molecule has 1 aromatic carbocycles. The first-order valence-corrected chi connectivity index (χ1v) is 9.76. The van der Waals surface area contributed by atoms with Crippen LogP contribution in [0.5, 0.6) is 0 Å². The normalized spacial score (nSPS) is 10.9. The minimum Gasteiger partial charge on any atom is -0.354 e. The number of nitrogens with zero attached hydrogens (tertiary/aromatic N) is 3. The fourth-order valence-corrected chi connectivity index (χ4v) is 4.13. The summed E-state index contributed by atoms with van der Waals surface area (Å²) in [6, 6.07) is 9.45. The third-order valence-electron chi connectivity index (χ3n) is 3.57.